The zero-order valence-electron chi connectivity index (χ0n) is 20.1. The van der Waals surface area contributed by atoms with Crippen LogP contribution < -0.4 is 0 Å². The topological polar surface area (TPSA) is 55.8 Å². The van der Waals surface area contributed by atoms with Crippen LogP contribution in [0.4, 0.5) is 4.79 Å². The van der Waals surface area contributed by atoms with Gasteiger partial charge in [0.05, 0.1) is 12.6 Å². The number of carbonyl (C=O) groups is 2. The molecule has 0 saturated carbocycles. The third kappa shape index (κ3) is 10.6. The molecule has 0 aliphatic heterocycles. The van der Waals surface area contributed by atoms with Gasteiger partial charge in [0.1, 0.15) is 11.9 Å². The smallest absolute Gasteiger partial charge is 0.410 e. The summed E-state index contributed by atoms with van der Waals surface area (Å²) in [5, 5.41) is 0.106. The fourth-order valence-corrected chi connectivity index (χ4v) is 3.47. The lowest BCUT2D eigenvalue weighted by Crippen LogP contribution is -2.49. The zero-order chi connectivity index (χ0) is 22.2. The normalized spacial score (nSPS) is 14.1. The number of unbranched alkanes of at least 4 members (excludes halogenated alkanes) is 1. The predicted molar refractivity (Wildman–Crippen MR) is 119 cm³/mol. The lowest BCUT2D eigenvalue weighted by Gasteiger charge is -2.40. The molecule has 5 nitrogen and oxygen atoms in total. The summed E-state index contributed by atoms with van der Waals surface area (Å²) in [7, 11) is -1.94. The first-order valence-corrected chi connectivity index (χ1v) is 13.6. The fourth-order valence-electron chi connectivity index (χ4n) is 2.43. The highest BCUT2D eigenvalue weighted by Gasteiger charge is 2.38. The van der Waals surface area contributed by atoms with Crippen molar-refractivity contribution in [1.29, 1.82) is 0 Å². The molecule has 0 N–H and O–H groups in total. The van der Waals surface area contributed by atoms with E-state index in [0.717, 1.165) is 25.5 Å². The van der Waals surface area contributed by atoms with Crippen molar-refractivity contribution in [2.75, 3.05) is 13.2 Å². The summed E-state index contributed by atoms with van der Waals surface area (Å²) < 4.78 is 12.1. The Balaban J connectivity index is 5.49. The maximum absolute atomic E-state index is 13.0. The van der Waals surface area contributed by atoms with Crippen molar-refractivity contribution in [2.45, 2.75) is 111 Å². The van der Waals surface area contributed by atoms with Crippen LogP contribution in [0.15, 0.2) is 0 Å². The third-order valence-electron chi connectivity index (χ3n) is 5.32. The van der Waals surface area contributed by atoms with E-state index in [1.165, 1.54) is 0 Å². The molecule has 0 aromatic rings. The second kappa shape index (κ2) is 11.3. The zero-order valence-corrected chi connectivity index (χ0v) is 21.1. The second-order valence-electron chi connectivity index (χ2n) is 10.7. The van der Waals surface area contributed by atoms with Crippen LogP contribution >= 0.6 is 0 Å². The van der Waals surface area contributed by atoms with Crippen LogP contribution in [0.3, 0.4) is 0 Å². The lowest BCUT2D eigenvalue weighted by molar-refractivity contribution is -0.108. The van der Waals surface area contributed by atoms with Crippen molar-refractivity contribution in [2.24, 2.45) is 5.92 Å². The molecule has 166 valence electrons. The van der Waals surface area contributed by atoms with Gasteiger partial charge >= 0.3 is 6.09 Å². The quantitative estimate of drug-likeness (QED) is 0.235. The van der Waals surface area contributed by atoms with Gasteiger partial charge in [0.15, 0.2) is 8.32 Å². The molecule has 6 heteroatoms. The first kappa shape index (κ1) is 27.1. The Bertz CT molecular complexity index is 478. The highest BCUT2D eigenvalue weighted by atomic mass is 28.4. The summed E-state index contributed by atoms with van der Waals surface area (Å²) in [6.07, 6.45) is 3.55. The molecule has 28 heavy (non-hydrogen) atoms. The SMILES string of the molecule is CC(C)CCN(C(=O)OC(C)(C)C)[C@@H](CCCC=O)CO[Si](C)(C)C(C)(C)C. The van der Waals surface area contributed by atoms with Gasteiger partial charge in [0.2, 0.25) is 0 Å². The molecule has 0 aliphatic carbocycles. The van der Waals surface area contributed by atoms with Gasteiger partial charge < -0.3 is 18.9 Å². The second-order valence-corrected chi connectivity index (χ2v) is 15.5. The van der Waals surface area contributed by atoms with Crippen LogP contribution in [0.25, 0.3) is 0 Å². The Morgan fingerprint density at radius 3 is 2.07 bits per heavy atom. The molecule has 0 bridgehead atoms. The highest BCUT2D eigenvalue weighted by Crippen LogP contribution is 2.37. The molecule has 0 fully saturated rings. The molecular formula is C22H45NO4Si. The predicted octanol–water partition coefficient (Wildman–Crippen LogP) is 6.03. The number of carbonyl (C=O) groups excluding carboxylic acids is 2. The maximum Gasteiger partial charge on any atom is 0.410 e. The van der Waals surface area contributed by atoms with Gasteiger partial charge in [-0.3, -0.25) is 0 Å². The van der Waals surface area contributed by atoms with E-state index in [9.17, 15) is 9.59 Å². The standard InChI is InChI=1S/C22H45NO4Si/c1-18(2)14-15-23(20(25)27-21(3,4)5)19(13-11-12-16-24)17-26-28(9,10)22(6,7)8/h16,18-19H,11-15,17H2,1-10H3/t19-/m0/s1. The molecule has 0 aromatic carbocycles. The molecule has 0 rings (SSSR count). The summed E-state index contributed by atoms with van der Waals surface area (Å²) >= 11 is 0. The van der Waals surface area contributed by atoms with E-state index >= 15 is 0 Å². The molecule has 0 spiro atoms. The summed E-state index contributed by atoms with van der Waals surface area (Å²) in [6.45, 7) is 22.2. The number of ether oxygens (including phenoxy) is 1. The van der Waals surface area contributed by atoms with Gasteiger partial charge in [-0.25, -0.2) is 4.79 Å². The molecule has 0 saturated heterocycles. The van der Waals surface area contributed by atoms with Gasteiger partial charge in [0, 0.05) is 13.0 Å². The molecule has 0 heterocycles. The van der Waals surface area contributed by atoms with E-state index in [2.05, 4.69) is 47.7 Å². The molecule has 0 aromatic heterocycles. The van der Waals surface area contributed by atoms with Crippen LogP contribution in [-0.4, -0.2) is 50.4 Å². The fraction of sp³-hybridized carbons (Fsp3) is 0.909. The average molecular weight is 416 g/mol. The Morgan fingerprint density at radius 2 is 1.64 bits per heavy atom. The minimum absolute atomic E-state index is 0.0809. The minimum Gasteiger partial charge on any atom is -0.444 e. The van der Waals surface area contributed by atoms with Gasteiger partial charge in [-0.15, -0.1) is 0 Å². The minimum atomic E-state index is -1.94. The van der Waals surface area contributed by atoms with Crippen LogP contribution in [0.2, 0.25) is 18.1 Å². The number of hydrogen-bond acceptors (Lipinski definition) is 4. The Kier molecular flexibility index (Phi) is 11.0. The molecule has 0 aliphatic rings. The first-order chi connectivity index (χ1) is 12.6. The van der Waals surface area contributed by atoms with Crippen molar-refractivity contribution in [1.82, 2.24) is 4.90 Å². The Morgan fingerprint density at radius 1 is 1.07 bits per heavy atom. The maximum atomic E-state index is 13.0. The molecule has 0 unspecified atom stereocenters. The lowest BCUT2D eigenvalue weighted by atomic mass is 10.1. The van der Waals surface area contributed by atoms with Crippen molar-refractivity contribution < 1.29 is 18.8 Å². The van der Waals surface area contributed by atoms with E-state index in [1.54, 1.807) is 0 Å². The van der Waals surface area contributed by atoms with Crippen molar-refractivity contribution in [3.63, 3.8) is 0 Å². The summed E-state index contributed by atoms with van der Waals surface area (Å²) in [6, 6.07) is -0.0809. The highest BCUT2D eigenvalue weighted by molar-refractivity contribution is 6.74. The van der Waals surface area contributed by atoms with Gasteiger partial charge in [-0.1, -0.05) is 34.6 Å². The van der Waals surface area contributed by atoms with E-state index in [0.29, 0.717) is 25.5 Å². The van der Waals surface area contributed by atoms with E-state index in [-0.39, 0.29) is 17.2 Å². The van der Waals surface area contributed by atoms with E-state index in [1.807, 2.05) is 25.7 Å². The van der Waals surface area contributed by atoms with Crippen LogP contribution in [0.1, 0.15) is 81.1 Å². The van der Waals surface area contributed by atoms with Crippen LogP contribution in [-0.2, 0) is 14.0 Å². The monoisotopic (exact) mass is 415 g/mol. The van der Waals surface area contributed by atoms with Crippen LogP contribution in [0, 0.1) is 5.92 Å². The van der Waals surface area contributed by atoms with E-state index < -0.39 is 13.9 Å². The van der Waals surface area contributed by atoms with Gasteiger partial charge in [0.25, 0.3) is 0 Å². The molecule has 1 amide bonds. The van der Waals surface area contributed by atoms with Gasteiger partial charge in [-0.2, -0.15) is 0 Å². The van der Waals surface area contributed by atoms with Crippen molar-refractivity contribution in [3.8, 4) is 0 Å². The molecule has 1 atom stereocenters. The summed E-state index contributed by atoms with van der Waals surface area (Å²) in [5.41, 5.74) is -0.541. The van der Waals surface area contributed by atoms with Crippen molar-refractivity contribution in [3.05, 3.63) is 0 Å². The number of nitrogens with zero attached hydrogens (tertiary/aromatic N) is 1. The Hall–Kier alpha value is -0.883. The third-order valence-corrected chi connectivity index (χ3v) is 9.82. The summed E-state index contributed by atoms with van der Waals surface area (Å²) in [4.78, 5) is 25.6. The van der Waals surface area contributed by atoms with Gasteiger partial charge in [-0.05, 0) is 64.1 Å². The summed E-state index contributed by atoms with van der Waals surface area (Å²) in [5.74, 6) is 0.488. The number of rotatable bonds is 11. The Labute approximate surface area is 174 Å². The largest absolute Gasteiger partial charge is 0.444 e. The van der Waals surface area contributed by atoms with E-state index in [4.69, 9.17) is 9.16 Å². The average Bonchev–Trinajstić information content (AvgIpc) is 2.49. The number of hydrogen-bond donors (Lipinski definition) is 0. The molecular weight excluding hydrogens is 370 g/mol. The van der Waals surface area contributed by atoms with Crippen LogP contribution in [0.5, 0.6) is 0 Å². The molecule has 0 radical (unpaired) electrons. The number of aldehydes is 1. The number of amides is 1. The van der Waals surface area contributed by atoms with Crippen molar-refractivity contribution >= 4 is 20.7 Å². The first-order valence-electron chi connectivity index (χ1n) is 10.7.